The first kappa shape index (κ1) is 9.03. The molecule has 0 saturated carbocycles. The second kappa shape index (κ2) is 3.31. The normalized spacial score (nSPS) is 10.9. The van der Waals surface area contributed by atoms with Gasteiger partial charge in [0.25, 0.3) is 0 Å². The molecule has 0 amide bonds. The molecule has 0 atom stereocenters. The number of anilines is 1. The topological polar surface area (TPSA) is 26.0 Å². The molecule has 0 radical (unpaired) electrons. The van der Waals surface area contributed by atoms with Crippen molar-refractivity contribution >= 4 is 43.0 Å². The Bertz CT molecular complexity index is 447. The molecule has 0 saturated heterocycles. The molecule has 2 rings (SSSR count). The van der Waals surface area contributed by atoms with Gasteiger partial charge in [-0.25, -0.2) is 0 Å². The molecular weight excluding hydrogens is 246 g/mol. The molecule has 1 heterocycles. The molecule has 1 aromatic carbocycles. The van der Waals surface area contributed by atoms with Crippen LogP contribution in [0.25, 0.3) is 10.1 Å². The molecule has 2 aromatic rings. The Labute approximate surface area is 89.7 Å². The molecule has 0 aliphatic carbocycles. The molecule has 68 valence electrons. The standard InChI is InChI=1S/C10H10BrNS/c1-6-4-9-7(2-3-13-9)10(12)8(6)5-11/h2-4H,5,12H2,1H3. The summed E-state index contributed by atoms with van der Waals surface area (Å²) < 4.78 is 1.28. The van der Waals surface area contributed by atoms with E-state index in [0.29, 0.717) is 0 Å². The van der Waals surface area contributed by atoms with Crippen molar-refractivity contribution in [2.24, 2.45) is 0 Å². The second-order valence-electron chi connectivity index (χ2n) is 3.05. The Balaban J connectivity index is 2.85. The lowest BCUT2D eigenvalue weighted by Crippen LogP contribution is -1.94. The zero-order valence-electron chi connectivity index (χ0n) is 7.30. The van der Waals surface area contributed by atoms with Crippen LogP contribution >= 0.6 is 27.3 Å². The van der Waals surface area contributed by atoms with Crippen molar-refractivity contribution in [3.8, 4) is 0 Å². The van der Waals surface area contributed by atoms with Gasteiger partial charge < -0.3 is 5.73 Å². The van der Waals surface area contributed by atoms with E-state index in [1.165, 1.54) is 21.2 Å². The van der Waals surface area contributed by atoms with E-state index >= 15 is 0 Å². The van der Waals surface area contributed by atoms with Gasteiger partial charge in [-0.1, -0.05) is 15.9 Å². The molecule has 1 aromatic heterocycles. The summed E-state index contributed by atoms with van der Waals surface area (Å²) in [5.41, 5.74) is 9.46. The summed E-state index contributed by atoms with van der Waals surface area (Å²) >= 11 is 5.20. The third kappa shape index (κ3) is 1.36. The van der Waals surface area contributed by atoms with Crippen molar-refractivity contribution in [3.63, 3.8) is 0 Å². The van der Waals surface area contributed by atoms with Crippen LogP contribution in [0, 0.1) is 6.92 Å². The van der Waals surface area contributed by atoms with Crippen molar-refractivity contribution in [1.29, 1.82) is 0 Å². The molecule has 0 fully saturated rings. The second-order valence-corrected chi connectivity index (χ2v) is 4.56. The summed E-state index contributed by atoms with van der Waals surface area (Å²) in [6, 6.07) is 4.29. The third-order valence-corrected chi connectivity index (χ3v) is 3.69. The van der Waals surface area contributed by atoms with E-state index in [4.69, 9.17) is 5.73 Å². The maximum Gasteiger partial charge on any atom is 0.0446 e. The number of rotatable bonds is 1. The average Bonchev–Trinajstić information content (AvgIpc) is 2.53. The van der Waals surface area contributed by atoms with Crippen LogP contribution in [0.3, 0.4) is 0 Å². The van der Waals surface area contributed by atoms with Crippen LogP contribution in [0.5, 0.6) is 0 Å². The van der Waals surface area contributed by atoms with Crippen molar-refractivity contribution in [1.82, 2.24) is 0 Å². The number of nitrogen functional groups attached to an aromatic ring is 1. The highest BCUT2D eigenvalue weighted by atomic mass is 79.9. The van der Waals surface area contributed by atoms with Crippen LogP contribution < -0.4 is 5.73 Å². The third-order valence-electron chi connectivity index (χ3n) is 2.27. The number of thiophene rings is 1. The number of aryl methyl sites for hydroxylation is 1. The molecule has 3 heteroatoms. The predicted molar refractivity (Wildman–Crippen MR) is 63.6 cm³/mol. The van der Waals surface area contributed by atoms with Gasteiger partial charge >= 0.3 is 0 Å². The van der Waals surface area contributed by atoms with E-state index in [9.17, 15) is 0 Å². The highest BCUT2D eigenvalue weighted by molar-refractivity contribution is 9.08. The average molecular weight is 256 g/mol. The quantitative estimate of drug-likeness (QED) is 0.611. The van der Waals surface area contributed by atoms with Gasteiger partial charge in [0.1, 0.15) is 0 Å². The summed E-state index contributed by atoms with van der Waals surface area (Å²) in [5, 5.41) is 4.10. The summed E-state index contributed by atoms with van der Waals surface area (Å²) in [4.78, 5) is 0. The van der Waals surface area contributed by atoms with Gasteiger partial charge in [0.15, 0.2) is 0 Å². The Morgan fingerprint density at radius 3 is 3.00 bits per heavy atom. The Morgan fingerprint density at radius 2 is 2.31 bits per heavy atom. The van der Waals surface area contributed by atoms with E-state index in [1.807, 2.05) is 0 Å². The fourth-order valence-corrected chi connectivity index (χ4v) is 3.14. The van der Waals surface area contributed by atoms with Crippen LogP contribution in [0.15, 0.2) is 17.5 Å². The number of hydrogen-bond acceptors (Lipinski definition) is 2. The van der Waals surface area contributed by atoms with Gasteiger partial charge in [-0.2, -0.15) is 0 Å². The Morgan fingerprint density at radius 1 is 1.54 bits per heavy atom. The number of fused-ring (bicyclic) bond motifs is 1. The Kier molecular flexibility index (Phi) is 2.30. The molecule has 0 spiro atoms. The zero-order chi connectivity index (χ0) is 9.42. The largest absolute Gasteiger partial charge is 0.398 e. The van der Waals surface area contributed by atoms with Crippen molar-refractivity contribution < 1.29 is 0 Å². The monoisotopic (exact) mass is 255 g/mol. The number of alkyl halides is 1. The van der Waals surface area contributed by atoms with Crippen molar-refractivity contribution in [2.45, 2.75) is 12.3 Å². The van der Waals surface area contributed by atoms with E-state index in [2.05, 4.69) is 40.4 Å². The molecule has 13 heavy (non-hydrogen) atoms. The van der Waals surface area contributed by atoms with E-state index in [1.54, 1.807) is 11.3 Å². The minimum absolute atomic E-state index is 0.830. The van der Waals surface area contributed by atoms with Crippen LogP contribution in [0.2, 0.25) is 0 Å². The summed E-state index contributed by atoms with van der Waals surface area (Å²) in [6.45, 7) is 2.10. The zero-order valence-corrected chi connectivity index (χ0v) is 9.71. The molecule has 2 N–H and O–H groups in total. The highest BCUT2D eigenvalue weighted by Crippen LogP contribution is 2.32. The fraction of sp³-hybridized carbons (Fsp3) is 0.200. The lowest BCUT2D eigenvalue weighted by Gasteiger charge is -2.07. The van der Waals surface area contributed by atoms with Gasteiger partial charge in [-0.3, -0.25) is 0 Å². The molecule has 0 aliphatic heterocycles. The summed E-state index contributed by atoms with van der Waals surface area (Å²) in [6.07, 6.45) is 0. The summed E-state index contributed by atoms with van der Waals surface area (Å²) in [7, 11) is 0. The number of hydrogen-bond donors (Lipinski definition) is 1. The number of nitrogens with two attached hydrogens (primary N) is 1. The molecule has 1 nitrogen and oxygen atoms in total. The van der Waals surface area contributed by atoms with Crippen LogP contribution in [-0.2, 0) is 5.33 Å². The van der Waals surface area contributed by atoms with Gasteiger partial charge in [0.05, 0.1) is 0 Å². The Hall–Kier alpha value is -0.540. The number of benzene rings is 1. The molecule has 0 aliphatic rings. The SMILES string of the molecule is Cc1cc2sccc2c(N)c1CBr. The van der Waals surface area contributed by atoms with E-state index in [0.717, 1.165) is 11.0 Å². The fourth-order valence-electron chi connectivity index (χ4n) is 1.49. The van der Waals surface area contributed by atoms with Gasteiger partial charge in [0.2, 0.25) is 0 Å². The maximum atomic E-state index is 6.05. The lowest BCUT2D eigenvalue weighted by molar-refractivity contribution is 1.35. The first-order valence-electron chi connectivity index (χ1n) is 4.05. The molecule has 0 unspecified atom stereocenters. The predicted octanol–water partition coefficient (Wildman–Crippen LogP) is 3.69. The molecular formula is C10H10BrNS. The first-order chi connectivity index (χ1) is 6.24. The number of halogens is 1. The lowest BCUT2D eigenvalue weighted by atomic mass is 10.1. The van der Waals surface area contributed by atoms with Gasteiger partial charge in [-0.15, -0.1) is 11.3 Å². The first-order valence-corrected chi connectivity index (χ1v) is 6.05. The highest BCUT2D eigenvalue weighted by Gasteiger charge is 2.07. The van der Waals surface area contributed by atoms with Crippen LogP contribution in [0.1, 0.15) is 11.1 Å². The molecule has 0 bridgehead atoms. The van der Waals surface area contributed by atoms with E-state index < -0.39 is 0 Å². The van der Waals surface area contributed by atoms with Gasteiger partial charge in [-0.05, 0) is 35.6 Å². The van der Waals surface area contributed by atoms with E-state index in [-0.39, 0.29) is 0 Å². The van der Waals surface area contributed by atoms with Gasteiger partial charge in [0, 0.05) is 21.1 Å². The maximum absolute atomic E-state index is 6.05. The van der Waals surface area contributed by atoms with Crippen LogP contribution in [-0.4, -0.2) is 0 Å². The van der Waals surface area contributed by atoms with Crippen molar-refractivity contribution in [2.75, 3.05) is 5.73 Å². The van der Waals surface area contributed by atoms with Crippen molar-refractivity contribution in [3.05, 3.63) is 28.6 Å². The smallest absolute Gasteiger partial charge is 0.0446 e. The van der Waals surface area contributed by atoms with Crippen LogP contribution in [0.4, 0.5) is 5.69 Å². The minimum atomic E-state index is 0.830. The minimum Gasteiger partial charge on any atom is -0.398 e. The summed E-state index contributed by atoms with van der Waals surface area (Å²) in [5.74, 6) is 0.